The molecule has 1 N–H and O–H groups in total. The summed E-state index contributed by atoms with van der Waals surface area (Å²) in [6.07, 6.45) is 5.10. The predicted molar refractivity (Wildman–Crippen MR) is 101 cm³/mol. The molecular weight excluding hydrogens is 385 g/mol. The maximum atomic E-state index is 13.9. The molecule has 0 unspecified atom stereocenters. The van der Waals surface area contributed by atoms with E-state index in [0.717, 1.165) is 0 Å². The second-order valence-corrected chi connectivity index (χ2v) is 6.43. The molecule has 0 atom stereocenters. The van der Waals surface area contributed by atoms with Gasteiger partial charge in [0.05, 0.1) is 13.1 Å². The van der Waals surface area contributed by atoms with Crippen LogP contribution in [-0.4, -0.2) is 25.5 Å². The minimum Gasteiger partial charge on any atom is -0.454 e. The zero-order chi connectivity index (χ0) is 19.5. The summed E-state index contributed by atoms with van der Waals surface area (Å²) in [5.74, 6) is 0.250. The second-order valence-electron chi connectivity index (χ2n) is 6.02. The number of furan rings is 1. The van der Waals surface area contributed by atoms with E-state index >= 15 is 0 Å². The molecule has 3 heterocycles. The predicted octanol–water partition coefficient (Wildman–Crippen LogP) is 3.81. The van der Waals surface area contributed by atoms with Gasteiger partial charge in [-0.3, -0.25) is 14.2 Å². The van der Waals surface area contributed by atoms with Crippen molar-refractivity contribution in [3.8, 4) is 0 Å². The van der Waals surface area contributed by atoms with Crippen LogP contribution in [0.3, 0.4) is 0 Å². The van der Waals surface area contributed by atoms with Gasteiger partial charge in [-0.1, -0.05) is 17.7 Å². The van der Waals surface area contributed by atoms with Gasteiger partial charge in [0.1, 0.15) is 11.6 Å². The Labute approximate surface area is 164 Å². The first-order valence-electron chi connectivity index (χ1n) is 8.42. The number of rotatable bonds is 6. The number of aromatic nitrogens is 4. The average Bonchev–Trinajstić information content (AvgIpc) is 3.41. The van der Waals surface area contributed by atoms with Crippen LogP contribution in [0.15, 0.2) is 65.5 Å². The quantitative estimate of drug-likeness (QED) is 0.534. The van der Waals surface area contributed by atoms with Crippen molar-refractivity contribution in [1.29, 1.82) is 0 Å². The van der Waals surface area contributed by atoms with Crippen LogP contribution in [0.4, 0.5) is 10.2 Å². The van der Waals surface area contributed by atoms with Crippen molar-refractivity contribution >= 4 is 23.3 Å². The molecule has 0 aliphatic heterocycles. The van der Waals surface area contributed by atoms with E-state index in [9.17, 15) is 9.18 Å². The van der Waals surface area contributed by atoms with E-state index in [0.29, 0.717) is 28.7 Å². The summed E-state index contributed by atoms with van der Waals surface area (Å²) in [5.41, 5.74) is 0.333. The molecule has 7 nitrogen and oxygen atoms in total. The van der Waals surface area contributed by atoms with E-state index in [1.165, 1.54) is 10.7 Å². The number of halogens is 2. The maximum absolute atomic E-state index is 13.9. The van der Waals surface area contributed by atoms with Gasteiger partial charge in [-0.25, -0.2) is 4.39 Å². The van der Waals surface area contributed by atoms with Crippen molar-refractivity contribution in [3.05, 3.63) is 89.0 Å². The Morgan fingerprint density at radius 3 is 2.79 bits per heavy atom. The molecule has 0 aliphatic carbocycles. The van der Waals surface area contributed by atoms with Gasteiger partial charge < -0.3 is 9.73 Å². The molecule has 0 bridgehead atoms. The van der Waals surface area contributed by atoms with Crippen LogP contribution < -0.4 is 5.32 Å². The Morgan fingerprint density at radius 1 is 1.11 bits per heavy atom. The molecule has 142 valence electrons. The first kappa shape index (κ1) is 18.0. The Hall–Kier alpha value is -3.39. The molecule has 4 rings (SSSR count). The zero-order valence-corrected chi connectivity index (χ0v) is 15.3. The van der Waals surface area contributed by atoms with Gasteiger partial charge in [-0.05, 0) is 30.3 Å². The molecule has 0 saturated carbocycles. The standard InChI is InChI=1S/C19H15ClFN5O2/c20-15-3-1-4-16(21)14(15)12-26-10-7-18(24-26)23-19(27)17-6-5-13(28-17)11-25-9-2-8-22-25/h1-10H,11-12H2,(H,23,24,27). The van der Waals surface area contributed by atoms with Gasteiger partial charge in [-0.2, -0.15) is 10.2 Å². The third-order valence-electron chi connectivity index (χ3n) is 4.03. The average molecular weight is 400 g/mol. The number of nitrogens with one attached hydrogen (secondary N) is 1. The highest BCUT2D eigenvalue weighted by Gasteiger charge is 2.14. The van der Waals surface area contributed by atoms with Gasteiger partial charge in [0.15, 0.2) is 11.6 Å². The molecule has 0 saturated heterocycles. The van der Waals surface area contributed by atoms with Gasteiger partial charge in [0, 0.05) is 35.2 Å². The highest BCUT2D eigenvalue weighted by atomic mass is 35.5. The second kappa shape index (κ2) is 7.69. The van der Waals surface area contributed by atoms with Crippen LogP contribution in [0, 0.1) is 5.82 Å². The minimum atomic E-state index is -0.430. The number of benzene rings is 1. The normalized spacial score (nSPS) is 10.9. The Bertz CT molecular complexity index is 1080. The van der Waals surface area contributed by atoms with Crippen molar-refractivity contribution < 1.29 is 13.6 Å². The lowest BCUT2D eigenvalue weighted by Crippen LogP contribution is -2.12. The monoisotopic (exact) mass is 399 g/mol. The lowest BCUT2D eigenvalue weighted by Gasteiger charge is -2.06. The van der Waals surface area contributed by atoms with E-state index in [1.807, 2.05) is 0 Å². The van der Waals surface area contributed by atoms with E-state index in [2.05, 4.69) is 15.5 Å². The van der Waals surface area contributed by atoms with Gasteiger partial charge in [0.2, 0.25) is 0 Å². The molecule has 1 aromatic carbocycles. The Morgan fingerprint density at radius 2 is 2.00 bits per heavy atom. The largest absolute Gasteiger partial charge is 0.454 e. The van der Waals surface area contributed by atoms with E-state index in [1.54, 1.807) is 59.7 Å². The Kier molecular flexibility index (Phi) is 4.94. The number of carbonyl (C=O) groups is 1. The molecule has 3 aromatic heterocycles. The molecule has 4 aromatic rings. The fourth-order valence-corrected chi connectivity index (χ4v) is 2.90. The smallest absolute Gasteiger partial charge is 0.292 e. The van der Waals surface area contributed by atoms with Crippen LogP contribution in [0.1, 0.15) is 21.9 Å². The van der Waals surface area contributed by atoms with Crippen molar-refractivity contribution in [2.45, 2.75) is 13.1 Å². The molecule has 1 amide bonds. The summed E-state index contributed by atoms with van der Waals surface area (Å²) < 4.78 is 22.6. The third-order valence-corrected chi connectivity index (χ3v) is 4.38. The van der Waals surface area contributed by atoms with Crippen LogP contribution in [0.2, 0.25) is 5.02 Å². The molecule has 9 heteroatoms. The first-order chi connectivity index (χ1) is 13.6. The summed E-state index contributed by atoms with van der Waals surface area (Å²) in [7, 11) is 0. The molecule has 28 heavy (non-hydrogen) atoms. The number of anilines is 1. The van der Waals surface area contributed by atoms with Crippen LogP contribution in [0.5, 0.6) is 0 Å². The zero-order valence-electron chi connectivity index (χ0n) is 14.5. The summed E-state index contributed by atoms with van der Waals surface area (Å²) in [6.45, 7) is 0.578. The molecule has 0 aliphatic rings. The van der Waals surface area contributed by atoms with Gasteiger partial charge in [-0.15, -0.1) is 0 Å². The van der Waals surface area contributed by atoms with Crippen molar-refractivity contribution in [1.82, 2.24) is 19.6 Å². The first-order valence-corrected chi connectivity index (χ1v) is 8.80. The lowest BCUT2D eigenvalue weighted by molar-refractivity contribution is 0.0994. The summed E-state index contributed by atoms with van der Waals surface area (Å²) in [6, 6.07) is 11.2. The highest BCUT2D eigenvalue weighted by Crippen LogP contribution is 2.20. The summed E-state index contributed by atoms with van der Waals surface area (Å²) >= 11 is 6.03. The molecular formula is C19H15ClFN5O2. The number of nitrogens with zero attached hydrogens (tertiary/aromatic N) is 4. The highest BCUT2D eigenvalue weighted by molar-refractivity contribution is 6.31. The minimum absolute atomic E-state index is 0.149. The lowest BCUT2D eigenvalue weighted by atomic mass is 10.2. The van der Waals surface area contributed by atoms with Crippen LogP contribution in [-0.2, 0) is 13.1 Å². The molecule has 0 spiro atoms. The molecule has 0 fully saturated rings. The number of hydrogen-bond acceptors (Lipinski definition) is 4. The topological polar surface area (TPSA) is 77.9 Å². The summed E-state index contributed by atoms with van der Waals surface area (Å²) in [5, 5.41) is 11.3. The van der Waals surface area contributed by atoms with Crippen molar-refractivity contribution in [3.63, 3.8) is 0 Å². The van der Waals surface area contributed by atoms with Crippen molar-refractivity contribution in [2.75, 3.05) is 5.32 Å². The number of amides is 1. The van der Waals surface area contributed by atoms with E-state index in [4.69, 9.17) is 16.0 Å². The SMILES string of the molecule is O=C(Nc1ccn(Cc2c(F)cccc2Cl)n1)c1ccc(Cn2cccn2)o1. The number of hydrogen-bond donors (Lipinski definition) is 1. The number of carbonyl (C=O) groups excluding carboxylic acids is 1. The Balaban J connectivity index is 1.41. The van der Waals surface area contributed by atoms with Crippen LogP contribution in [0.25, 0.3) is 0 Å². The van der Waals surface area contributed by atoms with E-state index < -0.39 is 11.7 Å². The fraction of sp³-hybridized carbons (Fsp3) is 0.105. The van der Waals surface area contributed by atoms with Crippen LogP contribution >= 0.6 is 11.6 Å². The van der Waals surface area contributed by atoms with Gasteiger partial charge in [0.25, 0.3) is 5.91 Å². The maximum Gasteiger partial charge on any atom is 0.292 e. The fourth-order valence-electron chi connectivity index (χ4n) is 2.68. The van der Waals surface area contributed by atoms with E-state index in [-0.39, 0.29) is 12.3 Å². The summed E-state index contributed by atoms with van der Waals surface area (Å²) in [4.78, 5) is 12.3. The molecule has 0 radical (unpaired) electrons. The van der Waals surface area contributed by atoms with Crippen molar-refractivity contribution in [2.24, 2.45) is 0 Å². The third kappa shape index (κ3) is 3.96. The van der Waals surface area contributed by atoms with Gasteiger partial charge >= 0.3 is 0 Å².